The smallest absolute Gasteiger partial charge is 0.246 e. The second kappa shape index (κ2) is 5.67. The molecule has 1 aliphatic heterocycles. The molecule has 1 fully saturated rings. The van der Waals surface area contributed by atoms with Crippen LogP contribution in [0, 0.1) is 0 Å². The lowest BCUT2D eigenvalue weighted by molar-refractivity contribution is -0.129. The Bertz CT molecular complexity index is 397. The third-order valence-electron chi connectivity index (χ3n) is 3.30. The van der Waals surface area contributed by atoms with Crippen molar-refractivity contribution in [1.29, 1.82) is 0 Å². The average Bonchev–Trinajstić information content (AvgIpc) is 2.38. The van der Waals surface area contributed by atoms with Crippen LogP contribution in [0.3, 0.4) is 0 Å². The van der Waals surface area contributed by atoms with Crippen molar-refractivity contribution in [3.05, 3.63) is 42.0 Å². The minimum atomic E-state index is 0.140. The standard InChI is InChI=1S/C15H19NO/c1-13-7-5-6-12-16(13)15(17)11-10-14-8-3-2-4-9-14/h2-4,8-11,13H,5-7,12H2,1H3/b11-10+. The lowest BCUT2D eigenvalue weighted by atomic mass is 10.0. The summed E-state index contributed by atoms with van der Waals surface area (Å²) in [5.74, 6) is 0.140. The largest absolute Gasteiger partial charge is 0.336 e. The second-order valence-corrected chi connectivity index (χ2v) is 4.62. The third kappa shape index (κ3) is 3.19. The molecule has 1 aromatic carbocycles. The van der Waals surface area contributed by atoms with Crippen LogP contribution < -0.4 is 0 Å². The fourth-order valence-electron chi connectivity index (χ4n) is 2.25. The number of hydrogen-bond donors (Lipinski definition) is 0. The van der Waals surface area contributed by atoms with Crippen LogP contribution in [-0.2, 0) is 4.79 Å². The Morgan fingerprint density at radius 3 is 2.76 bits per heavy atom. The van der Waals surface area contributed by atoms with Gasteiger partial charge in [0.1, 0.15) is 0 Å². The number of rotatable bonds is 2. The first-order valence-corrected chi connectivity index (χ1v) is 6.31. The first-order valence-electron chi connectivity index (χ1n) is 6.31. The highest BCUT2D eigenvalue weighted by atomic mass is 16.2. The Balaban J connectivity index is 1.99. The van der Waals surface area contributed by atoms with Crippen LogP contribution in [0.2, 0.25) is 0 Å². The van der Waals surface area contributed by atoms with Gasteiger partial charge in [0.15, 0.2) is 0 Å². The van der Waals surface area contributed by atoms with E-state index in [1.54, 1.807) is 6.08 Å². The van der Waals surface area contributed by atoms with Gasteiger partial charge < -0.3 is 4.90 Å². The maximum absolute atomic E-state index is 12.0. The zero-order valence-electron chi connectivity index (χ0n) is 10.3. The molecule has 1 amide bonds. The van der Waals surface area contributed by atoms with Crippen molar-refractivity contribution in [3.63, 3.8) is 0 Å². The summed E-state index contributed by atoms with van der Waals surface area (Å²) in [5, 5.41) is 0. The molecule has 0 N–H and O–H groups in total. The van der Waals surface area contributed by atoms with E-state index in [0.717, 1.165) is 24.9 Å². The van der Waals surface area contributed by atoms with Gasteiger partial charge in [-0.2, -0.15) is 0 Å². The monoisotopic (exact) mass is 229 g/mol. The summed E-state index contributed by atoms with van der Waals surface area (Å²) >= 11 is 0. The molecule has 17 heavy (non-hydrogen) atoms. The van der Waals surface area contributed by atoms with Gasteiger partial charge in [0.25, 0.3) is 0 Å². The Hall–Kier alpha value is -1.57. The molecule has 1 saturated heterocycles. The van der Waals surface area contributed by atoms with Gasteiger partial charge in [0, 0.05) is 18.7 Å². The maximum atomic E-state index is 12.0. The summed E-state index contributed by atoms with van der Waals surface area (Å²) < 4.78 is 0. The predicted molar refractivity (Wildman–Crippen MR) is 70.5 cm³/mol. The first-order chi connectivity index (χ1) is 8.27. The molecule has 1 aromatic rings. The molecule has 2 nitrogen and oxygen atoms in total. The molecule has 0 saturated carbocycles. The van der Waals surface area contributed by atoms with E-state index in [9.17, 15) is 4.79 Å². The van der Waals surface area contributed by atoms with Crippen molar-refractivity contribution >= 4 is 12.0 Å². The predicted octanol–water partition coefficient (Wildman–Crippen LogP) is 3.10. The molecule has 0 aliphatic carbocycles. The van der Waals surface area contributed by atoms with Crippen LogP contribution in [0.25, 0.3) is 6.08 Å². The summed E-state index contributed by atoms with van der Waals surface area (Å²) in [6, 6.07) is 10.3. The number of hydrogen-bond acceptors (Lipinski definition) is 1. The van der Waals surface area contributed by atoms with Gasteiger partial charge >= 0.3 is 0 Å². The molecule has 0 spiro atoms. The molecule has 1 atom stereocenters. The quantitative estimate of drug-likeness (QED) is 0.714. The minimum absolute atomic E-state index is 0.140. The van der Waals surface area contributed by atoms with Crippen molar-refractivity contribution in [1.82, 2.24) is 4.90 Å². The number of nitrogens with zero attached hydrogens (tertiary/aromatic N) is 1. The van der Waals surface area contributed by atoms with Gasteiger partial charge in [-0.05, 0) is 37.8 Å². The van der Waals surface area contributed by atoms with Gasteiger partial charge in [0.2, 0.25) is 5.91 Å². The third-order valence-corrected chi connectivity index (χ3v) is 3.30. The Kier molecular flexibility index (Phi) is 3.97. The molecule has 2 heteroatoms. The summed E-state index contributed by atoms with van der Waals surface area (Å²) in [4.78, 5) is 14.0. The number of piperidine rings is 1. The second-order valence-electron chi connectivity index (χ2n) is 4.62. The van der Waals surface area contributed by atoms with E-state index in [2.05, 4.69) is 6.92 Å². The van der Waals surface area contributed by atoms with E-state index in [0.29, 0.717) is 6.04 Å². The van der Waals surface area contributed by atoms with Crippen LogP contribution in [0.4, 0.5) is 0 Å². The molecule has 0 aromatic heterocycles. The molecule has 1 aliphatic rings. The molecule has 1 unspecified atom stereocenters. The molecule has 0 bridgehead atoms. The van der Waals surface area contributed by atoms with E-state index in [1.165, 1.54) is 6.42 Å². The highest BCUT2D eigenvalue weighted by molar-refractivity contribution is 5.92. The lowest BCUT2D eigenvalue weighted by Gasteiger charge is -2.32. The van der Waals surface area contributed by atoms with Gasteiger partial charge in [-0.15, -0.1) is 0 Å². The number of amides is 1. The normalized spacial score (nSPS) is 20.8. The zero-order valence-corrected chi connectivity index (χ0v) is 10.3. The van der Waals surface area contributed by atoms with E-state index in [-0.39, 0.29) is 5.91 Å². The SMILES string of the molecule is CC1CCCCN1C(=O)/C=C/c1ccccc1. The van der Waals surface area contributed by atoms with Crippen LogP contribution in [0.5, 0.6) is 0 Å². The lowest BCUT2D eigenvalue weighted by Crippen LogP contribution is -2.41. The molecule has 90 valence electrons. The number of likely N-dealkylation sites (tertiary alicyclic amines) is 1. The van der Waals surface area contributed by atoms with Crippen molar-refractivity contribution < 1.29 is 4.79 Å². The van der Waals surface area contributed by atoms with E-state index >= 15 is 0 Å². The van der Waals surface area contributed by atoms with Crippen molar-refractivity contribution in [2.45, 2.75) is 32.2 Å². The van der Waals surface area contributed by atoms with Gasteiger partial charge in [-0.3, -0.25) is 4.79 Å². The molecule has 0 radical (unpaired) electrons. The van der Waals surface area contributed by atoms with Crippen molar-refractivity contribution in [2.75, 3.05) is 6.54 Å². The summed E-state index contributed by atoms with van der Waals surface area (Å²) in [6.07, 6.45) is 7.09. The molecule has 2 rings (SSSR count). The average molecular weight is 229 g/mol. The van der Waals surface area contributed by atoms with Crippen LogP contribution in [0.15, 0.2) is 36.4 Å². The van der Waals surface area contributed by atoms with Crippen LogP contribution >= 0.6 is 0 Å². The fourth-order valence-corrected chi connectivity index (χ4v) is 2.25. The Labute approximate surface area is 103 Å². The van der Waals surface area contributed by atoms with Gasteiger partial charge in [-0.25, -0.2) is 0 Å². The summed E-state index contributed by atoms with van der Waals surface area (Å²) in [6.45, 7) is 3.03. The number of carbonyl (C=O) groups excluding carboxylic acids is 1. The minimum Gasteiger partial charge on any atom is -0.336 e. The molecular formula is C15H19NO. The topological polar surface area (TPSA) is 20.3 Å². The van der Waals surface area contributed by atoms with Gasteiger partial charge in [0.05, 0.1) is 0 Å². The molecular weight excluding hydrogens is 210 g/mol. The van der Waals surface area contributed by atoms with E-state index in [1.807, 2.05) is 41.3 Å². The Morgan fingerprint density at radius 1 is 1.29 bits per heavy atom. The highest BCUT2D eigenvalue weighted by Gasteiger charge is 2.20. The van der Waals surface area contributed by atoms with Crippen LogP contribution in [0.1, 0.15) is 31.7 Å². The number of benzene rings is 1. The summed E-state index contributed by atoms with van der Waals surface area (Å²) in [7, 11) is 0. The van der Waals surface area contributed by atoms with E-state index < -0.39 is 0 Å². The maximum Gasteiger partial charge on any atom is 0.246 e. The number of carbonyl (C=O) groups is 1. The van der Waals surface area contributed by atoms with Crippen LogP contribution in [-0.4, -0.2) is 23.4 Å². The van der Waals surface area contributed by atoms with Gasteiger partial charge in [-0.1, -0.05) is 30.3 Å². The zero-order chi connectivity index (χ0) is 12.1. The fraction of sp³-hybridized carbons (Fsp3) is 0.400. The van der Waals surface area contributed by atoms with Crippen molar-refractivity contribution in [3.8, 4) is 0 Å². The Morgan fingerprint density at radius 2 is 2.06 bits per heavy atom. The first kappa shape index (κ1) is 11.9. The van der Waals surface area contributed by atoms with Crippen molar-refractivity contribution in [2.24, 2.45) is 0 Å². The highest BCUT2D eigenvalue weighted by Crippen LogP contribution is 2.16. The van der Waals surface area contributed by atoms with E-state index in [4.69, 9.17) is 0 Å². The summed E-state index contributed by atoms with van der Waals surface area (Å²) in [5.41, 5.74) is 1.07. The molecule has 1 heterocycles.